The maximum absolute atomic E-state index is 13.3. The predicted molar refractivity (Wildman–Crippen MR) is 121 cm³/mol. The van der Waals surface area contributed by atoms with Crippen LogP contribution in [0.15, 0.2) is 59.1 Å². The lowest BCUT2D eigenvalue weighted by molar-refractivity contribution is -0.124. The third-order valence-corrected chi connectivity index (χ3v) is 8.44. The number of halogens is 2. The van der Waals surface area contributed by atoms with E-state index in [0.717, 1.165) is 10.9 Å². The fourth-order valence-corrected chi connectivity index (χ4v) is 6.20. The van der Waals surface area contributed by atoms with Crippen molar-refractivity contribution in [3.05, 3.63) is 69.7 Å². The van der Waals surface area contributed by atoms with Gasteiger partial charge in [0, 0.05) is 15.7 Å². The summed E-state index contributed by atoms with van der Waals surface area (Å²) in [4.78, 5) is 40.7. The van der Waals surface area contributed by atoms with Gasteiger partial charge in [-0.2, -0.15) is 0 Å². The minimum absolute atomic E-state index is 0.128. The van der Waals surface area contributed by atoms with Crippen LogP contribution in [-0.4, -0.2) is 17.7 Å². The molecular weight excluding hydrogens is 480 g/mol. The molecular formula is C24H18BrClN2O3. The van der Waals surface area contributed by atoms with Crippen LogP contribution < -0.4 is 10.2 Å². The Kier molecular flexibility index (Phi) is 4.21. The molecule has 1 saturated heterocycles. The van der Waals surface area contributed by atoms with Gasteiger partial charge in [0.25, 0.3) is 5.91 Å². The van der Waals surface area contributed by atoms with Gasteiger partial charge in [0.1, 0.15) is 0 Å². The molecule has 0 aromatic heterocycles. The van der Waals surface area contributed by atoms with Gasteiger partial charge in [0.05, 0.1) is 22.5 Å². The van der Waals surface area contributed by atoms with Gasteiger partial charge < -0.3 is 5.32 Å². The molecule has 3 fully saturated rings. The largest absolute Gasteiger partial charge is 0.322 e. The van der Waals surface area contributed by atoms with Gasteiger partial charge in [-0.1, -0.05) is 29.8 Å². The summed E-state index contributed by atoms with van der Waals surface area (Å²) in [6, 6.07) is 11.8. The van der Waals surface area contributed by atoms with Gasteiger partial charge in [0.15, 0.2) is 0 Å². The van der Waals surface area contributed by atoms with Gasteiger partial charge in [-0.25, -0.2) is 4.90 Å². The Balaban J connectivity index is 1.28. The lowest BCUT2D eigenvalue weighted by atomic mass is 9.63. The monoisotopic (exact) mass is 496 g/mol. The van der Waals surface area contributed by atoms with Gasteiger partial charge in [-0.05, 0) is 82.4 Å². The second-order valence-corrected chi connectivity index (χ2v) is 10.1. The summed E-state index contributed by atoms with van der Waals surface area (Å²) in [7, 11) is 0. The smallest absolute Gasteiger partial charge is 0.255 e. The summed E-state index contributed by atoms with van der Waals surface area (Å²) in [6.07, 6.45) is 5.44. The Bertz CT molecular complexity index is 1160. The van der Waals surface area contributed by atoms with Crippen molar-refractivity contribution in [2.24, 2.45) is 35.5 Å². The molecule has 2 aromatic carbocycles. The number of hydrogen-bond donors (Lipinski definition) is 1. The van der Waals surface area contributed by atoms with Crippen molar-refractivity contribution in [3.8, 4) is 0 Å². The number of carbonyl (C=O) groups excluding carboxylic acids is 3. The molecule has 31 heavy (non-hydrogen) atoms. The predicted octanol–water partition coefficient (Wildman–Crippen LogP) is 4.91. The molecule has 3 amide bonds. The van der Waals surface area contributed by atoms with Crippen molar-refractivity contribution in [1.82, 2.24) is 0 Å². The van der Waals surface area contributed by atoms with E-state index in [2.05, 4.69) is 33.4 Å². The number of anilines is 2. The summed E-state index contributed by atoms with van der Waals surface area (Å²) in [5.74, 6) is 0.367. The first-order valence-corrected chi connectivity index (χ1v) is 11.5. The molecule has 2 aromatic rings. The maximum atomic E-state index is 13.3. The lowest BCUT2D eigenvalue weighted by Crippen LogP contribution is -2.40. The van der Waals surface area contributed by atoms with Crippen molar-refractivity contribution < 1.29 is 14.4 Å². The van der Waals surface area contributed by atoms with Crippen molar-refractivity contribution in [2.75, 3.05) is 10.2 Å². The van der Waals surface area contributed by atoms with Gasteiger partial charge in [-0.3, -0.25) is 14.4 Å². The summed E-state index contributed by atoms with van der Waals surface area (Å²) in [6.45, 7) is 0. The number of rotatable bonds is 3. The van der Waals surface area contributed by atoms with Crippen molar-refractivity contribution in [2.45, 2.75) is 6.42 Å². The van der Waals surface area contributed by atoms with Crippen molar-refractivity contribution in [3.63, 3.8) is 0 Å². The minimum atomic E-state index is -0.334. The third-order valence-electron chi connectivity index (χ3n) is 7.21. The van der Waals surface area contributed by atoms with Gasteiger partial charge >= 0.3 is 0 Å². The topological polar surface area (TPSA) is 66.5 Å². The number of amides is 3. The zero-order chi connectivity index (χ0) is 21.4. The average Bonchev–Trinajstić information content (AvgIpc) is 3.54. The highest BCUT2D eigenvalue weighted by Crippen LogP contribution is 2.65. The van der Waals surface area contributed by atoms with Crippen LogP contribution in [0.3, 0.4) is 0 Å². The quantitative estimate of drug-likeness (QED) is 0.484. The highest BCUT2D eigenvalue weighted by Gasteiger charge is 2.67. The Morgan fingerprint density at radius 2 is 1.68 bits per heavy atom. The molecule has 4 aliphatic carbocycles. The number of allylic oxidation sites excluding steroid dienone is 2. The molecule has 6 atom stereocenters. The Morgan fingerprint density at radius 1 is 1.00 bits per heavy atom. The van der Waals surface area contributed by atoms with Gasteiger partial charge in [0.2, 0.25) is 11.8 Å². The van der Waals surface area contributed by atoms with E-state index in [-0.39, 0.29) is 41.4 Å². The third kappa shape index (κ3) is 2.84. The van der Waals surface area contributed by atoms with Crippen molar-refractivity contribution >= 4 is 56.6 Å². The number of imide groups is 1. The van der Waals surface area contributed by atoms with Crippen molar-refractivity contribution in [1.29, 1.82) is 0 Å². The Hall–Kier alpha value is -2.44. The van der Waals surface area contributed by atoms with E-state index in [1.54, 1.807) is 42.5 Å². The highest BCUT2D eigenvalue weighted by molar-refractivity contribution is 9.10. The molecule has 2 bridgehead atoms. The van der Waals surface area contributed by atoms with E-state index >= 15 is 0 Å². The second kappa shape index (κ2) is 6.78. The average molecular weight is 498 g/mol. The maximum Gasteiger partial charge on any atom is 0.255 e. The number of nitrogens with one attached hydrogen (secondary N) is 1. The SMILES string of the molecule is O=C(Nc1ccc(Br)c(Cl)c1)c1cccc(N2C(=O)[C@@H]3[C@@H]4C=C[C@H]([C@H]5C[C@H]45)[C@@H]3C2=O)c1. The van der Waals surface area contributed by atoms with Crippen LogP contribution in [-0.2, 0) is 9.59 Å². The molecule has 0 spiro atoms. The Morgan fingerprint density at radius 3 is 2.32 bits per heavy atom. The number of nitrogens with zero attached hydrogens (tertiary/aromatic N) is 1. The molecule has 1 N–H and O–H groups in total. The first-order valence-electron chi connectivity index (χ1n) is 10.4. The van der Waals surface area contributed by atoms with E-state index in [1.165, 1.54) is 4.90 Å². The number of hydrogen-bond acceptors (Lipinski definition) is 3. The molecule has 7 rings (SSSR count). The van der Waals surface area contributed by atoms with E-state index in [0.29, 0.717) is 33.8 Å². The van der Waals surface area contributed by atoms with Crippen LogP contribution in [0, 0.1) is 35.5 Å². The summed E-state index contributed by atoms with van der Waals surface area (Å²) in [5.41, 5.74) is 1.39. The lowest BCUT2D eigenvalue weighted by Gasteiger charge is -2.37. The normalized spacial score (nSPS) is 32.1. The molecule has 1 heterocycles. The van der Waals surface area contributed by atoms with Crippen LogP contribution >= 0.6 is 27.5 Å². The van der Waals surface area contributed by atoms with E-state index in [4.69, 9.17) is 11.6 Å². The molecule has 0 radical (unpaired) electrons. The minimum Gasteiger partial charge on any atom is -0.322 e. The molecule has 7 heteroatoms. The van der Waals surface area contributed by atoms with Crippen LogP contribution in [0.2, 0.25) is 5.02 Å². The standard InChI is InChI=1S/C24H18BrClN2O3/c25-18-7-4-12(9-19(18)26)27-22(29)11-2-1-3-13(8-11)28-23(30)20-14-5-6-15(17-10-16(14)17)21(20)24(28)31/h1-9,14-17,20-21H,10H2,(H,27,29)/t14-,15-,16-,17-,20-,21+/m1/s1. The van der Waals surface area contributed by atoms with Crippen LogP contribution in [0.4, 0.5) is 11.4 Å². The van der Waals surface area contributed by atoms with E-state index < -0.39 is 0 Å². The number of carbonyl (C=O) groups is 3. The van der Waals surface area contributed by atoms with E-state index in [9.17, 15) is 14.4 Å². The molecule has 1 aliphatic heterocycles. The van der Waals surface area contributed by atoms with Crippen LogP contribution in [0.5, 0.6) is 0 Å². The van der Waals surface area contributed by atoms with Crippen LogP contribution in [0.25, 0.3) is 0 Å². The molecule has 2 saturated carbocycles. The van der Waals surface area contributed by atoms with E-state index in [1.807, 2.05) is 0 Å². The fourth-order valence-electron chi connectivity index (χ4n) is 5.77. The van der Waals surface area contributed by atoms with Crippen LogP contribution in [0.1, 0.15) is 16.8 Å². The Labute approximate surface area is 192 Å². The summed E-state index contributed by atoms with van der Waals surface area (Å²) < 4.78 is 0.739. The summed E-state index contributed by atoms with van der Waals surface area (Å²) in [5, 5.41) is 3.30. The molecule has 0 unspecified atom stereocenters. The number of benzene rings is 2. The first-order chi connectivity index (χ1) is 14.9. The summed E-state index contributed by atoms with van der Waals surface area (Å²) >= 11 is 9.43. The zero-order valence-electron chi connectivity index (χ0n) is 16.3. The van der Waals surface area contributed by atoms with Gasteiger partial charge in [-0.15, -0.1) is 0 Å². The molecule has 5 nitrogen and oxygen atoms in total. The zero-order valence-corrected chi connectivity index (χ0v) is 18.6. The molecule has 5 aliphatic rings. The first kappa shape index (κ1) is 19.3. The molecule has 156 valence electrons. The second-order valence-electron chi connectivity index (χ2n) is 8.80. The highest BCUT2D eigenvalue weighted by atomic mass is 79.9. The fraction of sp³-hybridized carbons (Fsp3) is 0.292.